The zero-order valence-corrected chi connectivity index (χ0v) is 12.6. The summed E-state index contributed by atoms with van der Waals surface area (Å²) < 4.78 is 10.9. The van der Waals surface area contributed by atoms with Crippen molar-refractivity contribution in [2.75, 3.05) is 13.2 Å². The number of rotatable bonds is 5. The van der Waals surface area contributed by atoms with Crippen LogP contribution in [-0.2, 0) is 14.3 Å². The molecule has 1 N–H and O–H groups in total. The Morgan fingerprint density at radius 1 is 1.37 bits per heavy atom. The average molecular weight is 272 g/mol. The molecule has 3 unspecified atom stereocenters. The van der Waals surface area contributed by atoms with Gasteiger partial charge in [0.25, 0.3) is 0 Å². The lowest BCUT2D eigenvalue weighted by Crippen LogP contribution is -2.30. The van der Waals surface area contributed by atoms with Crippen molar-refractivity contribution in [2.24, 2.45) is 11.8 Å². The Kier molecular flexibility index (Phi) is 6.27. The van der Waals surface area contributed by atoms with Crippen molar-refractivity contribution in [1.29, 1.82) is 0 Å². The Morgan fingerprint density at radius 2 is 2.05 bits per heavy atom. The van der Waals surface area contributed by atoms with Crippen LogP contribution in [0.15, 0.2) is 0 Å². The van der Waals surface area contributed by atoms with Crippen molar-refractivity contribution >= 4 is 5.97 Å². The number of carbonyl (C=O) groups is 1. The molecule has 0 aromatic rings. The maximum absolute atomic E-state index is 11.8. The summed E-state index contributed by atoms with van der Waals surface area (Å²) in [6, 6.07) is 0. The molecule has 0 aromatic heterocycles. The van der Waals surface area contributed by atoms with Crippen molar-refractivity contribution < 1.29 is 19.4 Å². The molecule has 1 aliphatic rings. The van der Waals surface area contributed by atoms with E-state index in [1.807, 2.05) is 27.7 Å². The van der Waals surface area contributed by atoms with Gasteiger partial charge in [-0.2, -0.15) is 0 Å². The van der Waals surface area contributed by atoms with Crippen LogP contribution in [0.4, 0.5) is 0 Å². The van der Waals surface area contributed by atoms with Gasteiger partial charge >= 0.3 is 5.97 Å². The van der Waals surface area contributed by atoms with Gasteiger partial charge in [0.05, 0.1) is 18.6 Å². The van der Waals surface area contributed by atoms with E-state index in [2.05, 4.69) is 0 Å². The van der Waals surface area contributed by atoms with Crippen LogP contribution >= 0.6 is 0 Å². The maximum atomic E-state index is 11.8. The van der Waals surface area contributed by atoms with Gasteiger partial charge in [0.1, 0.15) is 5.60 Å². The summed E-state index contributed by atoms with van der Waals surface area (Å²) in [5, 5.41) is 9.57. The van der Waals surface area contributed by atoms with Crippen LogP contribution in [0.2, 0.25) is 0 Å². The van der Waals surface area contributed by atoms with Crippen molar-refractivity contribution in [3.63, 3.8) is 0 Å². The first-order valence-electron chi connectivity index (χ1n) is 7.26. The molecule has 0 bridgehead atoms. The molecule has 19 heavy (non-hydrogen) atoms. The molecular weight excluding hydrogens is 244 g/mol. The van der Waals surface area contributed by atoms with Crippen LogP contribution in [0.1, 0.15) is 53.4 Å². The van der Waals surface area contributed by atoms with Crippen LogP contribution in [0.25, 0.3) is 0 Å². The highest BCUT2D eigenvalue weighted by molar-refractivity contribution is 5.72. The molecular formula is C15H28O4. The SMILES string of the molecule is CC(COCC1CCCC(O)C1)C(=O)OC(C)(C)C. The number of aliphatic hydroxyl groups excluding tert-OH is 1. The summed E-state index contributed by atoms with van der Waals surface area (Å²) in [6.45, 7) is 8.43. The highest BCUT2D eigenvalue weighted by Gasteiger charge is 2.23. The second-order valence-corrected chi connectivity index (χ2v) is 6.66. The monoisotopic (exact) mass is 272 g/mol. The van der Waals surface area contributed by atoms with E-state index in [-0.39, 0.29) is 18.0 Å². The van der Waals surface area contributed by atoms with Crippen molar-refractivity contribution in [3.05, 3.63) is 0 Å². The van der Waals surface area contributed by atoms with Gasteiger partial charge in [-0.05, 0) is 52.9 Å². The van der Waals surface area contributed by atoms with E-state index in [9.17, 15) is 9.90 Å². The molecule has 0 saturated heterocycles. The van der Waals surface area contributed by atoms with Gasteiger partial charge in [-0.1, -0.05) is 6.42 Å². The number of ether oxygens (including phenoxy) is 2. The summed E-state index contributed by atoms with van der Waals surface area (Å²) in [5.74, 6) is -0.0292. The summed E-state index contributed by atoms with van der Waals surface area (Å²) >= 11 is 0. The Bertz CT molecular complexity index is 282. The second kappa shape index (κ2) is 7.25. The Morgan fingerprint density at radius 3 is 2.63 bits per heavy atom. The van der Waals surface area contributed by atoms with Crippen LogP contribution in [0, 0.1) is 11.8 Å². The normalized spacial score (nSPS) is 25.9. The van der Waals surface area contributed by atoms with Gasteiger partial charge in [-0.25, -0.2) is 0 Å². The molecule has 0 radical (unpaired) electrons. The van der Waals surface area contributed by atoms with Gasteiger partial charge in [0.15, 0.2) is 0 Å². The van der Waals surface area contributed by atoms with Gasteiger partial charge in [-0.15, -0.1) is 0 Å². The molecule has 4 nitrogen and oxygen atoms in total. The smallest absolute Gasteiger partial charge is 0.311 e. The Hall–Kier alpha value is -0.610. The van der Waals surface area contributed by atoms with E-state index in [4.69, 9.17) is 9.47 Å². The van der Waals surface area contributed by atoms with E-state index >= 15 is 0 Å². The standard InChI is InChI=1S/C15H28O4/c1-11(14(17)19-15(2,3)4)9-18-10-12-6-5-7-13(16)8-12/h11-13,16H,5-10H2,1-4H3. The third-order valence-corrected chi connectivity index (χ3v) is 3.29. The topological polar surface area (TPSA) is 55.8 Å². The molecule has 0 amide bonds. The average Bonchev–Trinajstić information content (AvgIpc) is 2.26. The summed E-state index contributed by atoms with van der Waals surface area (Å²) in [4.78, 5) is 11.8. The largest absolute Gasteiger partial charge is 0.460 e. The first-order chi connectivity index (χ1) is 8.78. The van der Waals surface area contributed by atoms with Gasteiger partial charge in [-0.3, -0.25) is 4.79 Å². The highest BCUT2D eigenvalue weighted by atomic mass is 16.6. The van der Waals surface area contributed by atoms with Crippen LogP contribution in [-0.4, -0.2) is 36.0 Å². The number of aliphatic hydroxyl groups is 1. The molecule has 0 aliphatic heterocycles. The predicted octanol–water partition coefficient (Wildman–Crippen LogP) is 2.53. The van der Waals surface area contributed by atoms with Gasteiger partial charge < -0.3 is 14.6 Å². The van der Waals surface area contributed by atoms with Crippen LogP contribution in [0.5, 0.6) is 0 Å². The Labute approximate surface area is 116 Å². The number of carbonyl (C=O) groups excluding carboxylic acids is 1. The quantitative estimate of drug-likeness (QED) is 0.781. The molecule has 4 heteroatoms. The molecule has 0 heterocycles. The summed E-state index contributed by atoms with van der Waals surface area (Å²) in [6.07, 6.45) is 3.73. The molecule has 1 fully saturated rings. The predicted molar refractivity (Wildman–Crippen MR) is 73.8 cm³/mol. The lowest BCUT2D eigenvalue weighted by molar-refractivity contribution is -0.161. The molecule has 1 saturated carbocycles. The Balaban J connectivity index is 2.19. The number of hydrogen-bond acceptors (Lipinski definition) is 4. The fraction of sp³-hybridized carbons (Fsp3) is 0.933. The zero-order valence-electron chi connectivity index (χ0n) is 12.6. The lowest BCUT2D eigenvalue weighted by Gasteiger charge is -2.26. The molecule has 1 rings (SSSR count). The fourth-order valence-electron chi connectivity index (χ4n) is 2.30. The van der Waals surface area contributed by atoms with Crippen molar-refractivity contribution in [3.8, 4) is 0 Å². The van der Waals surface area contributed by atoms with Crippen LogP contribution in [0.3, 0.4) is 0 Å². The van der Waals surface area contributed by atoms with E-state index < -0.39 is 5.60 Å². The third kappa shape index (κ3) is 6.92. The third-order valence-electron chi connectivity index (χ3n) is 3.29. The summed E-state index contributed by atoms with van der Waals surface area (Å²) in [5.41, 5.74) is -0.446. The second-order valence-electron chi connectivity index (χ2n) is 6.66. The number of hydrogen-bond donors (Lipinski definition) is 1. The lowest BCUT2D eigenvalue weighted by atomic mass is 9.88. The van der Waals surface area contributed by atoms with E-state index in [1.54, 1.807) is 0 Å². The number of esters is 1. The molecule has 1 aliphatic carbocycles. The minimum Gasteiger partial charge on any atom is -0.460 e. The minimum absolute atomic E-state index is 0.175. The first kappa shape index (κ1) is 16.4. The molecule has 0 spiro atoms. The van der Waals surface area contributed by atoms with E-state index in [1.165, 1.54) is 0 Å². The van der Waals surface area contributed by atoms with Crippen molar-refractivity contribution in [2.45, 2.75) is 65.1 Å². The molecule has 112 valence electrons. The zero-order chi connectivity index (χ0) is 14.5. The van der Waals surface area contributed by atoms with E-state index in [0.29, 0.717) is 19.1 Å². The first-order valence-corrected chi connectivity index (χ1v) is 7.26. The van der Waals surface area contributed by atoms with Gasteiger partial charge in [0, 0.05) is 6.61 Å². The maximum Gasteiger partial charge on any atom is 0.311 e. The fourth-order valence-corrected chi connectivity index (χ4v) is 2.30. The highest BCUT2D eigenvalue weighted by Crippen LogP contribution is 2.24. The molecule has 3 atom stereocenters. The minimum atomic E-state index is -0.446. The van der Waals surface area contributed by atoms with Gasteiger partial charge in [0.2, 0.25) is 0 Å². The van der Waals surface area contributed by atoms with Crippen molar-refractivity contribution in [1.82, 2.24) is 0 Å². The van der Waals surface area contributed by atoms with Crippen LogP contribution < -0.4 is 0 Å². The summed E-state index contributed by atoms with van der Waals surface area (Å²) in [7, 11) is 0. The molecule has 0 aromatic carbocycles. The van der Waals surface area contributed by atoms with E-state index in [0.717, 1.165) is 25.7 Å².